The van der Waals surface area contributed by atoms with E-state index in [0.717, 1.165) is 42.6 Å². The molecule has 3 nitrogen and oxygen atoms in total. The molecule has 0 amide bonds. The Morgan fingerprint density at radius 2 is 1.77 bits per heavy atom. The van der Waals surface area contributed by atoms with Gasteiger partial charge >= 0.3 is 0 Å². The minimum atomic E-state index is -0.606. The highest BCUT2D eigenvalue weighted by Crippen LogP contribution is 2.53. The Bertz CT molecular complexity index is 1120. The highest BCUT2D eigenvalue weighted by Gasteiger charge is 2.43. The third-order valence-corrected chi connectivity index (χ3v) is 7.22. The molecule has 160 valence electrons. The number of hydrogen-bond acceptors (Lipinski definition) is 2. The van der Waals surface area contributed by atoms with Gasteiger partial charge in [-0.05, 0) is 97.0 Å². The Kier molecular flexibility index (Phi) is 5.01. The molecule has 1 fully saturated rings. The lowest BCUT2D eigenvalue weighted by Crippen LogP contribution is -2.38. The van der Waals surface area contributed by atoms with Crippen molar-refractivity contribution < 1.29 is 13.9 Å². The second-order valence-corrected chi connectivity index (χ2v) is 9.10. The zero-order valence-electron chi connectivity index (χ0n) is 17.6. The van der Waals surface area contributed by atoms with Gasteiger partial charge in [-0.15, -0.1) is 0 Å². The number of nitrogens with zero attached hydrogens (tertiary/aromatic N) is 2. The summed E-state index contributed by atoms with van der Waals surface area (Å²) < 4.78 is 28.5. The molecule has 2 aromatic carbocycles. The van der Waals surface area contributed by atoms with Crippen LogP contribution in [-0.2, 0) is 6.42 Å². The van der Waals surface area contributed by atoms with Crippen LogP contribution >= 0.6 is 0 Å². The van der Waals surface area contributed by atoms with Gasteiger partial charge in [0.1, 0.15) is 11.6 Å². The first kappa shape index (κ1) is 20.1. The van der Waals surface area contributed by atoms with Crippen LogP contribution in [-0.4, -0.2) is 14.9 Å². The van der Waals surface area contributed by atoms with Crippen molar-refractivity contribution in [3.05, 3.63) is 88.8 Å². The average molecular weight is 421 g/mol. The van der Waals surface area contributed by atoms with Crippen LogP contribution in [0.3, 0.4) is 0 Å². The van der Waals surface area contributed by atoms with E-state index in [9.17, 15) is 13.9 Å². The third-order valence-electron chi connectivity index (χ3n) is 7.22. The van der Waals surface area contributed by atoms with Crippen molar-refractivity contribution in [2.24, 2.45) is 11.3 Å². The number of halogens is 2. The number of allylic oxidation sites excluding steroid dienone is 1. The van der Waals surface area contributed by atoms with Crippen LogP contribution in [0.2, 0.25) is 0 Å². The number of aromatic nitrogens is 2. The highest BCUT2D eigenvalue weighted by molar-refractivity contribution is 5.61. The lowest BCUT2D eigenvalue weighted by molar-refractivity contribution is 0.0833. The predicted molar refractivity (Wildman–Crippen MR) is 117 cm³/mol. The number of aliphatic hydroxyl groups excluding tert-OH is 1. The number of fused-ring (bicyclic) bond motifs is 2. The van der Waals surface area contributed by atoms with Gasteiger partial charge in [-0.3, -0.25) is 0 Å². The number of aliphatic hydroxyl groups is 1. The number of rotatable bonds is 4. The fourth-order valence-electron chi connectivity index (χ4n) is 5.40. The van der Waals surface area contributed by atoms with E-state index in [1.54, 1.807) is 24.3 Å². The molecule has 0 radical (unpaired) electrons. The van der Waals surface area contributed by atoms with Gasteiger partial charge in [-0.25, -0.2) is 13.5 Å². The van der Waals surface area contributed by atoms with Gasteiger partial charge < -0.3 is 5.11 Å². The van der Waals surface area contributed by atoms with Gasteiger partial charge in [0, 0.05) is 0 Å². The van der Waals surface area contributed by atoms with Crippen LogP contribution in [0.1, 0.15) is 55.5 Å². The SMILES string of the molecule is C[C@]12Cc3cnn(-c4ccc(F)cc4)c3C=C1CCC[C@@H]2CC(O)c1ccc(F)cc1. The molecular formula is C26H26F2N2O. The van der Waals surface area contributed by atoms with E-state index in [0.29, 0.717) is 12.3 Å². The van der Waals surface area contributed by atoms with Crippen molar-refractivity contribution in [3.63, 3.8) is 0 Å². The minimum absolute atomic E-state index is 0.0388. The van der Waals surface area contributed by atoms with Gasteiger partial charge in [0.2, 0.25) is 0 Å². The third kappa shape index (κ3) is 3.61. The zero-order chi connectivity index (χ0) is 21.6. The minimum Gasteiger partial charge on any atom is -0.388 e. The molecule has 1 aromatic heterocycles. The standard InChI is InChI=1S/C26H26F2N2O/c1-26-15-18-16-29-30(23-11-9-22(28)10-12-23)24(18)13-19(26)3-2-4-20(26)14-25(31)17-5-7-21(27)8-6-17/h5-13,16,20,25,31H,2-4,14-15H2,1H3/t20-,25?,26+/m1/s1. The molecule has 1 heterocycles. The quantitative estimate of drug-likeness (QED) is 0.560. The molecule has 5 rings (SSSR count). The first-order chi connectivity index (χ1) is 14.9. The lowest BCUT2D eigenvalue weighted by Gasteiger charge is -2.46. The number of hydrogen-bond donors (Lipinski definition) is 1. The summed E-state index contributed by atoms with van der Waals surface area (Å²) in [5, 5.41) is 15.4. The summed E-state index contributed by atoms with van der Waals surface area (Å²) in [4.78, 5) is 0. The molecule has 2 aliphatic carbocycles. The monoisotopic (exact) mass is 420 g/mol. The molecule has 2 aliphatic rings. The first-order valence-electron chi connectivity index (χ1n) is 10.9. The van der Waals surface area contributed by atoms with E-state index < -0.39 is 6.10 Å². The molecule has 0 saturated heterocycles. The maximum absolute atomic E-state index is 13.3. The van der Waals surface area contributed by atoms with Crippen molar-refractivity contribution in [3.8, 4) is 5.69 Å². The van der Waals surface area contributed by atoms with Crippen LogP contribution < -0.4 is 0 Å². The van der Waals surface area contributed by atoms with E-state index in [2.05, 4.69) is 18.1 Å². The van der Waals surface area contributed by atoms with Crippen molar-refractivity contribution in [1.29, 1.82) is 0 Å². The van der Waals surface area contributed by atoms with Crippen LogP contribution in [0.5, 0.6) is 0 Å². The second kappa shape index (κ2) is 7.72. The van der Waals surface area contributed by atoms with Gasteiger partial charge in [0.15, 0.2) is 0 Å². The van der Waals surface area contributed by atoms with E-state index in [1.165, 1.54) is 35.4 Å². The highest BCUT2D eigenvalue weighted by atomic mass is 19.1. The van der Waals surface area contributed by atoms with Crippen molar-refractivity contribution in [1.82, 2.24) is 9.78 Å². The summed E-state index contributed by atoms with van der Waals surface area (Å²) in [6.07, 6.45) is 8.27. The molecule has 1 N–H and O–H groups in total. The van der Waals surface area contributed by atoms with E-state index in [-0.39, 0.29) is 17.0 Å². The zero-order valence-corrected chi connectivity index (χ0v) is 17.6. The molecular weight excluding hydrogens is 394 g/mol. The first-order valence-corrected chi connectivity index (χ1v) is 10.9. The van der Waals surface area contributed by atoms with Crippen LogP contribution in [0.15, 0.2) is 60.3 Å². The fourth-order valence-corrected chi connectivity index (χ4v) is 5.40. The molecule has 31 heavy (non-hydrogen) atoms. The van der Waals surface area contributed by atoms with Gasteiger partial charge in [0.05, 0.1) is 23.7 Å². The summed E-state index contributed by atoms with van der Waals surface area (Å²) in [7, 11) is 0. The van der Waals surface area contributed by atoms with Crippen molar-refractivity contribution in [2.75, 3.05) is 0 Å². The summed E-state index contributed by atoms with van der Waals surface area (Å²) in [5.41, 5.74) is 5.22. The molecule has 0 bridgehead atoms. The van der Waals surface area contributed by atoms with Gasteiger partial charge in [0.25, 0.3) is 0 Å². The fraction of sp³-hybridized carbons (Fsp3) is 0.346. The summed E-state index contributed by atoms with van der Waals surface area (Å²) >= 11 is 0. The maximum Gasteiger partial charge on any atom is 0.123 e. The Hall–Kier alpha value is -2.79. The molecule has 3 atom stereocenters. The Morgan fingerprint density at radius 3 is 2.48 bits per heavy atom. The maximum atomic E-state index is 13.3. The largest absolute Gasteiger partial charge is 0.388 e. The topological polar surface area (TPSA) is 38.0 Å². The molecule has 0 spiro atoms. The van der Waals surface area contributed by atoms with Gasteiger partial charge in [-0.1, -0.05) is 24.6 Å². The Balaban J connectivity index is 1.43. The Morgan fingerprint density at radius 1 is 1.10 bits per heavy atom. The van der Waals surface area contributed by atoms with Crippen molar-refractivity contribution >= 4 is 6.08 Å². The summed E-state index contributed by atoms with van der Waals surface area (Å²) in [6, 6.07) is 12.6. The van der Waals surface area contributed by atoms with E-state index in [4.69, 9.17) is 0 Å². The van der Waals surface area contributed by atoms with E-state index >= 15 is 0 Å². The summed E-state index contributed by atoms with van der Waals surface area (Å²) in [6.45, 7) is 2.30. The van der Waals surface area contributed by atoms with Crippen LogP contribution in [0.25, 0.3) is 11.8 Å². The van der Waals surface area contributed by atoms with E-state index in [1.807, 2.05) is 10.9 Å². The smallest absolute Gasteiger partial charge is 0.123 e. The molecule has 1 saturated carbocycles. The predicted octanol–water partition coefficient (Wildman–Crippen LogP) is 6.02. The lowest BCUT2D eigenvalue weighted by atomic mass is 9.58. The van der Waals surface area contributed by atoms with Gasteiger partial charge in [-0.2, -0.15) is 5.10 Å². The summed E-state index contributed by atoms with van der Waals surface area (Å²) in [5.74, 6) is -0.218. The molecule has 0 aliphatic heterocycles. The van der Waals surface area contributed by atoms with Crippen molar-refractivity contribution in [2.45, 2.75) is 45.1 Å². The Labute approximate surface area is 181 Å². The molecule has 1 unspecified atom stereocenters. The molecule has 5 heteroatoms. The molecule has 3 aromatic rings. The second-order valence-electron chi connectivity index (χ2n) is 9.10. The van der Waals surface area contributed by atoms with Crippen LogP contribution in [0, 0.1) is 23.0 Å². The van der Waals surface area contributed by atoms with Crippen LogP contribution in [0.4, 0.5) is 8.78 Å². The average Bonchev–Trinajstić information content (AvgIpc) is 3.16. The number of benzene rings is 2. The normalized spacial score (nSPS) is 23.6.